The summed E-state index contributed by atoms with van der Waals surface area (Å²) in [6.07, 6.45) is 3.13. The number of hydrogen-bond donors (Lipinski definition) is 1. The Hall–Kier alpha value is -2.01. The first-order chi connectivity index (χ1) is 14.4. The normalized spacial score (nSPS) is 14.7. The summed E-state index contributed by atoms with van der Waals surface area (Å²) in [4.78, 5) is 19.3. The lowest BCUT2D eigenvalue weighted by atomic mass is 10.2. The summed E-state index contributed by atoms with van der Waals surface area (Å²) in [5.74, 6) is -0.124. The molecule has 0 spiro atoms. The number of fused-ring (bicyclic) bond motifs is 1. The maximum atomic E-state index is 12.4. The van der Waals surface area contributed by atoms with E-state index >= 15 is 0 Å². The largest absolute Gasteiger partial charge is 0.348 e. The SMILES string of the molecule is CN(CCCC(=O)Nc1ccc2nc(N3CCCC3)sc2c1)S(=O)(=O)c1cccs1. The standard InChI is InChI=1S/C20H24N4O3S3/c1-23(30(26,27)19-7-5-13-28-19)10-4-6-18(25)21-15-8-9-16-17(14-15)29-20(22-16)24-11-2-3-12-24/h5,7-9,13-14H,2-4,6,10-12H2,1H3,(H,21,25). The van der Waals surface area contributed by atoms with Crippen molar-refractivity contribution in [1.29, 1.82) is 0 Å². The van der Waals surface area contributed by atoms with Crippen LogP contribution in [0.15, 0.2) is 39.9 Å². The molecule has 7 nitrogen and oxygen atoms in total. The fraction of sp³-hybridized carbons (Fsp3) is 0.400. The summed E-state index contributed by atoms with van der Waals surface area (Å²) in [6.45, 7) is 2.40. The highest BCUT2D eigenvalue weighted by molar-refractivity contribution is 7.91. The van der Waals surface area contributed by atoms with E-state index in [-0.39, 0.29) is 12.3 Å². The van der Waals surface area contributed by atoms with E-state index in [1.807, 2.05) is 18.2 Å². The average Bonchev–Trinajstić information content (AvgIpc) is 3.48. The summed E-state index contributed by atoms with van der Waals surface area (Å²) in [6, 6.07) is 9.06. The van der Waals surface area contributed by atoms with E-state index in [2.05, 4.69) is 10.2 Å². The zero-order chi connectivity index (χ0) is 21.1. The first-order valence-electron chi connectivity index (χ1n) is 9.89. The Labute approximate surface area is 184 Å². The molecule has 1 fully saturated rings. The summed E-state index contributed by atoms with van der Waals surface area (Å²) < 4.78 is 27.5. The van der Waals surface area contributed by atoms with Gasteiger partial charge in [-0.1, -0.05) is 17.4 Å². The van der Waals surface area contributed by atoms with Gasteiger partial charge < -0.3 is 10.2 Å². The molecular weight excluding hydrogens is 440 g/mol. The van der Waals surface area contributed by atoms with Crippen LogP contribution < -0.4 is 10.2 Å². The van der Waals surface area contributed by atoms with Crippen molar-refractivity contribution in [3.8, 4) is 0 Å². The molecular formula is C20H24N4O3S3. The maximum absolute atomic E-state index is 12.4. The van der Waals surface area contributed by atoms with Crippen LogP contribution in [-0.4, -0.2) is 50.3 Å². The molecule has 4 rings (SSSR count). The molecule has 3 aromatic rings. The van der Waals surface area contributed by atoms with E-state index in [0.29, 0.717) is 17.2 Å². The minimum absolute atomic E-state index is 0.124. The lowest BCUT2D eigenvalue weighted by Crippen LogP contribution is -2.28. The number of nitrogens with zero attached hydrogens (tertiary/aromatic N) is 3. The third-order valence-corrected chi connectivity index (χ3v) is 9.38. The number of thiophene rings is 1. The number of aromatic nitrogens is 1. The van der Waals surface area contributed by atoms with Gasteiger partial charge in [0.2, 0.25) is 5.91 Å². The molecule has 1 saturated heterocycles. The fourth-order valence-corrected chi connectivity index (χ4v) is 6.87. The van der Waals surface area contributed by atoms with Gasteiger partial charge in [0.25, 0.3) is 10.0 Å². The second-order valence-corrected chi connectivity index (χ2v) is 11.5. The third kappa shape index (κ3) is 4.66. The van der Waals surface area contributed by atoms with Crippen LogP contribution >= 0.6 is 22.7 Å². The van der Waals surface area contributed by atoms with Crippen molar-refractivity contribution < 1.29 is 13.2 Å². The molecule has 1 aliphatic heterocycles. The van der Waals surface area contributed by atoms with E-state index in [1.54, 1.807) is 35.9 Å². The Morgan fingerprint density at radius 1 is 1.27 bits per heavy atom. The Balaban J connectivity index is 1.31. The molecule has 2 aromatic heterocycles. The van der Waals surface area contributed by atoms with Gasteiger partial charge in [-0.2, -0.15) is 0 Å². The monoisotopic (exact) mass is 464 g/mol. The van der Waals surface area contributed by atoms with Crippen LogP contribution in [0.1, 0.15) is 25.7 Å². The number of hydrogen-bond acceptors (Lipinski definition) is 7. The number of carbonyl (C=O) groups excluding carboxylic acids is 1. The van der Waals surface area contributed by atoms with E-state index in [4.69, 9.17) is 4.98 Å². The minimum atomic E-state index is -3.47. The van der Waals surface area contributed by atoms with Gasteiger partial charge in [-0.3, -0.25) is 4.79 Å². The van der Waals surface area contributed by atoms with Gasteiger partial charge in [0.1, 0.15) is 4.21 Å². The third-order valence-electron chi connectivity index (χ3n) is 5.07. The van der Waals surface area contributed by atoms with Crippen molar-refractivity contribution in [1.82, 2.24) is 9.29 Å². The van der Waals surface area contributed by atoms with E-state index in [1.165, 1.54) is 28.5 Å². The molecule has 0 unspecified atom stereocenters. The van der Waals surface area contributed by atoms with Gasteiger partial charge in [-0.15, -0.1) is 11.3 Å². The van der Waals surface area contributed by atoms with Crippen LogP contribution in [-0.2, 0) is 14.8 Å². The number of amides is 1. The molecule has 0 aliphatic carbocycles. The second kappa shape index (κ2) is 9.01. The van der Waals surface area contributed by atoms with Crippen LogP contribution in [0.3, 0.4) is 0 Å². The fourth-order valence-electron chi connectivity index (χ4n) is 3.40. The zero-order valence-corrected chi connectivity index (χ0v) is 19.2. The zero-order valence-electron chi connectivity index (χ0n) is 16.7. The Bertz CT molecular complexity index is 1120. The van der Waals surface area contributed by atoms with Gasteiger partial charge in [-0.05, 0) is 48.9 Å². The molecule has 3 heterocycles. The summed E-state index contributed by atoms with van der Waals surface area (Å²) >= 11 is 2.84. The molecule has 0 bridgehead atoms. The van der Waals surface area contributed by atoms with Crippen molar-refractivity contribution >= 4 is 59.6 Å². The van der Waals surface area contributed by atoms with E-state index in [9.17, 15) is 13.2 Å². The quantitative estimate of drug-likeness (QED) is 0.545. The molecule has 30 heavy (non-hydrogen) atoms. The van der Waals surface area contributed by atoms with Crippen LogP contribution in [0.2, 0.25) is 0 Å². The second-order valence-electron chi connectivity index (χ2n) is 7.28. The van der Waals surface area contributed by atoms with Crippen molar-refractivity contribution in [3.05, 3.63) is 35.7 Å². The highest BCUT2D eigenvalue weighted by atomic mass is 32.2. The smallest absolute Gasteiger partial charge is 0.252 e. The first-order valence-corrected chi connectivity index (χ1v) is 13.0. The van der Waals surface area contributed by atoms with Gasteiger partial charge in [0, 0.05) is 38.8 Å². The summed E-state index contributed by atoms with van der Waals surface area (Å²) in [7, 11) is -1.93. The number of carbonyl (C=O) groups is 1. The summed E-state index contributed by atoms with van der Waals surface area (Å²) in [5, 5.41) is 5.69. The van der Waals surface area contributed by atoms with Crippen molar-refractivity contribution in [3.63, 3.8) is 0 Å². The lowest BCUT2D eigenvalue weighted by molar-refractivity contribution is -0.116. The molecule has 160 valence electrons. The molecule has 10 heteroatoms. The molecule has 1 aromatic carbocycles. The Kier molecular flexibility index (Phi) is 6.37. The minimum Gasteiger partial charge on any atom is -0.348 e. The highest BCUT2D eigenvalue weighted by Crippen LogP contribution is 2.32. The van der Waals surface area contributed by atoms with Crippen LogP contribution in [0.5, 0.6) is 0 Å². The topological polar surface area (TPSA) is 82.6 Å². The average molecular weight is 465 g/mol. The molecule has 1 aliphatic rings. The number of thiazole rings is 1. The van der Waals surface area contributed by atoms with Crippen LogP contribution in [0.4, 0.5) is 10.8 Å². The first kappa shape index (κ1) is 21.2. The lowest BCUT2D eigenvalue weighted by Gasteiger charge is -2.15. The van der Waals surface area contributed by atoms with Gasteiger partial charge in [-0.25, -0.2) is 17.7 Å². The molecule has 1 N–H and O–H groups in total. The van der Waals surface area contributed by atoms with Crippen molar-refractivity contribution in [2.75, 3.05) is 36.9 Å². The van der Waals surface area contributed by atoms with Crippen LogP contribution in [0, 0.1) is 0 Å². The summed E-state index contributed by atoms with van der Waals surface area (Å²) in [5.41, 5.74) is 1.68. The van der Waals surface area contributed by atoms with Gasteiger partial charge in [0.05, 0.1) is 10.2 Å². The predicted molar refractivity (Wildman–Crippen MR) is 123 cm³/mol. The van der Waals surface area contributed by atoms with E-state index in [0.717, 1.165) is 34.1 Å². The number of rotatable bonds is 8. The van der Waals surface area contributed by atoms with E-state index < -0.39 is 10.0 Å². The van der Waals surface area contributed by atoms with Crippen molar-refractivity contribution in [2.45, 2.75) is 29.9 Å². The number of benzene rings is 1. The van der Waals surface area contributed by atoms with Gasteiger partial charge >= 0.3 is 0 Å². The molecule has 0 radical (unpaired) electrons. The molecule has 0 atom stereocenters. The molecule has 0 saturated carbocycles. The Morgan fingerprint density at radius 3 is 2.80 bits per heavy atom. The number of anilines is 2. The maximum Gasteiger partial charge on any atom is 0.252 e. The van der Waals surface area contributed by atoms with Gasteiger partial charge in [0.15, 0.2) is 5.13 Å². The number of sulfonamides is 1. The Morgan fingerprint density at radius 2 is 2.07 bits per heavy atom. The predicted octanol–water partition coefficient (Wildman–Crippen LogP) is 4.00. The van der Waals surface area contributed by atoms with Crippen LogP contribution in [0.25, 0.3) is 10.2 Å². The number of nitrogens with one attached hydrogen (secondary N) is 1. The molecule has 1 amide bonds. The van der Waals surface area contributed by atoms with Crippen molar-refractivity contribution in [2.24, 2.45) is 0 Å². The highest BCUT2D eigenvalue weighted by Gasteiger charge is 2.21.